The molecule has 6 heteroatoms. The molecule has 0 unspecified atom stereocenters. The van der Waals surface area contributed by atoms with Gasteiger partial charge in [-0.3, -0.25) is 0 Å². The van der Waals surface area contributed by atoms with Crippen LogP contribution in [0.2, 0.25) is 0 Å². The van der Waals surface area contributed by atoms with E-state index < -0.39 is 29.1 Å². The third-order valence-corrected chi connectivity index (χ3v) is 3.10. The van der Waals surface area contributed by atoms with Gasteiger partial charge < -0.3 is 4.74 Å². The molecule has 0 aromatic heterocycles. The highest BCUT2D eigenvalue weighted by molar-refractivity contribution is 5.90. The minimum Gasteiger partial charge on any atom is -0.459 e. The van der Waals surface area contributed by atoms with Gasteiger partial charge >= 0.3 is 12.1 Å². The van der Waals surface area contributed by atoms with Crippen molar-refractivity contribution in [2.75, 3.05) is 0 Å². The zero-order valence-corrected chi connectivity index (χ0v) is 9.97. The summed E-state index contributed by atoms with van der Waals surface area (Å²) in [6.45, 7) is 0. The quantitative estimate of drug-likeness (QED) is 0.604. The van der Waals surface area contributed by atoms with Crippen LogP contribution in [0.4, 0.5) is 17.6 Å². The maximum Gasteiger partial charge on any atom is 0.419 e. The lowest BCUT2D eigenvalue weighted by Gasteiger charge is -2.13. The molecule has 0 spiro atoms. The zero-order valence-electron chi connectivity index (χ0n) is 9.97. The van der Waals surface area contributed by atoms with Crippen molar-refractivity contribution in [2.24, 2.45) is 0 Å². The number of hydrogen-bond donors (Lipinski definition) is 0. The molecule has 19 heavy (non-hydrogen) atoms. The van der Waals surface area contributed by atoms with Gasteiger partial charge in [0.25, 0.3) is 0 Å². The van der Waals surface area contributed by atoms with Crippen molar-refractivity contribution >= 4 is 5.97 Å². The van der Waals surface area contributed by atoms with Gasteiger partial charge in [-0.05, 0) is 37.8 Å². The summed E-state index contributed by atoms with van der Waals surface area (Å²) < 4.78 is 56.2. The van der Waals surface area contributed by atoms with E-state index in [1.54, 1.807) is 0 Å². The van der Waals surface area contributed by atoms with Crippen molar-refractivity contribution in [1.82, 2.24) is 0 Å². The van der Waals surface area contributed by atoms with Crippen LogP contribution < -0.4 is 0 Å². The van der Waals surface area contributed by atoms with Crippen LogP contribution in [-0.4, -0.2) is 12.1 Å². The summed E-state index contributed by atoms with van der Waals surface area (Å²) in [6.07, 6.45) is -1.99. The topological polar surface area (TPSA) is 26.3 Å². The van der Waals surface area contributed by atoms with Gasteiger partial charge in [-0.2, -0.15) is 13.2 Å². The lowest BCUT2D eigenvalue weighted by molar-refractivity contribution is -0.140. The van der Waals surface area contributed by atoms with E-state index in [0.717, 1.165) is 25.0 Å². The maximum atomic E-state index is 13.7. The van der Waals surface area contributed by atoms with Crippen molar-refractivity contribution in [3.05, 3.63) is 35.1 Å². The Balaban J connectivity index is 2.22. The first-order valence-corrected chi connectivity index (χ1v) is 5.96. The fourth-order valence-electron chi connectivity index (χ4n) is 2.13. The molecular weight excluding hydrogens is 264 g/mol. The second-order valence-corrected chi connectivity index (χ2v) is 4.48. The first-order chi connectivity index (χ1) is 8.89. The van der Waals surface area contributed by atoms with Crippen molar-refractivity contribution < 1.29 is 27.1 Å². The predicted molar refractivity (Wildman–Crippen MR) is 59.1 cm³/mol. The summed E-state index contributed by atoms with van der Waals surface area (Å²) in [4.78, 5) is 11.7. The molecule has 0 aliphatic heterocycles. The van der Waals surface area contributed by atoms with Gasteiger partial charge in [0.1, 0.15) is 11.9 Å². The van der Waals surface area contributed by atoms with E-state index >= 15 is 0 Å². The van der Waals surface area contributed by atoms with Crippen LogP contribution >= 0.6 is 0 Å². The lowest BCUT2D eigenvalue weighted by atomic mass is 10.1. The monoisotopic (exact) mass is 276 g/mol. The van der Waals surface area contributed by atoms with E-state index in [4.69, 9.17) is 4.74 Å². The third-order valence-electron chi connectivity index (χ3n) is 3.10. The molecular formula is C13H12F4O2. The van der Waals surface area contributed by atoms with Crippen molar-refractivity contribution in [3.8, 4) is 0 Å². The van der Waals surface area contributed by atoms with Crippen LogP contribution in [-0.2, 0) is 10.9 Å². The van der Waals surface area contributed by atoms with E-state index in [2.05, 4.69) is 0 Å². The number of carbonyl (C=O) groups is 1. The molecule has 104 valence electrons. The summed E-state index contributed by atoms with van der Waals surface area (Å²) >= 11 is 0. The predicted octanol–water partition coefficient (Wildman–Crippen LogP) is 3.94. The second kappa shape index (κ2) is 5.19. The number of rotatable bonds is 2. The van der Waals surface area contributed by atoms with Crippen LogP contribution in [0.1, 0.15) is 41.6 Å². The first-order valence-electron chi connectivity index (χ1n) is 5.96. The molecule has 1 saturated carbocycles. The Labute approximate surface area is 107 Å². The second-order valence-electron chi connectivity index (χ2n) is 4.48. The number of ether oxygens (including phenoxy) is 1. The molecule has 0 N–H and O–H groups in total. The van der Waals surface area contributed by atoms with Crippen molar-refractivity contribution in [2.45, 2.75) is 38.0 Å². The third kappa shape index (κ3) is 3.05. The van der Waals surface area contributed by atoms with E-state index in [0.29, 0.717) is 18.9 Å². The molecule has 2 rings (SSSR count). The van der Waals surface area contributed by atoms with Gasteiger partial charge in [-0.1, -0.05) is 6.07 Å². The summed E-state index contributed by atoms with van der Waals surface area (Å²) in [5.74, 6) is -2.60. The highest BCUT2D eigenvalue weighted by Crippen LogP contribution is 2.33. The number of halogens is 4. The minimum atomic E-state index is -4.83. The van der Waals surface area contributed by atoms with Crippen LogP contribution in [0.15, 0.2) is 18.2 Å². The summed E-state index contributed by atoms with van der Waals surface area (Å²) in [7, 11) is 0. The van der Waals surface area contributed by atoms with Crippen LogP contribution in [0.25, 0.3) is 0 Å². The van der Waals surface area contributed by atoms with Gasteiger partial charge in [-0.15, -0.1) is 0 Å². The molecule has 2 nitrogen and oxygen atoms in total. The van der Waals surface area contributed by atoms with E-state index in [-0.39, 0.29) is 6.10 Å². The average Bonchev–Trinajstić information content (AvgIpc) is 2.80. The average molecular weight is 276 g/mol. The van der Waals surface area contributed by atoms with Crippen molar-refractivity contribution in [3.63, 3.8) is 0 Å². The molecule has 0 heterocycles. The molecule has 0 radical (unpaired) electrons. The number of alkyl halides is 3. The molecule has 1 aliphatic rings. The van der Waals surface area contributed by atoms with Gasteiger partial charge in [0.05, 0.1) is 11.1 Å². The van der Waals surface area contributed by atoms with Gasteiger partial charge in [0.15, 0.2) is 0 Å². The van der Waals surface area contributed by atoms with Gasteiger partial charge in [-0.25, -0.2) is 9.18 Å². The minimum absolute atomic E-state index is 0.318. The Morgan fingerprint density at radius 3 is 2.42 bits per heavy atom. The Morgan fingerprint density at radius 1 is 1.21 bits per heavy atom. The Morgan fingerprint density at radius 2 is 1.84 bits per heavy atom. The Kier molecular flexibility index (Phi) is 3.78. The highest BCUT2D eigenvalue weighted by Gasteiger charge is 2.36. The smallest absolute Gasteiger partial charge is 0.419 e. The van der Waals surface area contributed by atoms with Crippen LogP contribution in [0.5, 0.6) is 0 Å². The Hall–Kier alpha value is -1.59. The zero-order chi connectivity index (χ0) is 14.0. The molecule has 0 bridgehead atoms. The van der Waals surface area contributed by atoms with Crippen LogP contribution in [0, 0.1) is 5.82 Å². The molecule has 0 saturated heterocycles. The standard InChI is InChI=1S/C13H12F4O2/c14-11-9(6-3-7-10(11)13(15,16)17)12(18)19-8-4-1-2-5-8/h3,6-8H,1-2,4-5H2. The number of benzene rings is 1. The van der Waals surface area contributed by atoms with E-state index in [1.165, 1.54) is 0 Å². The highest BCUT2D eigenvalue weighted by atomic mass is 19.4. The largest absolute Gasteiger partial charge is 0.459 e. The van der Waals surface area contributed by atoms with Gasteiger partial charge in [0.2, 0.25) is 0 Å². The fraction of sp³-hybridized carbons (Fsp3) is 0.462. The molecule has 1 fully saturated rings. The summed E-state index contributed by atoms with van der Waals surface area (Å²) in [6, 6.07) is 2.60. The fourth-order valence-corrected chi connectivity index (χ4v) is 2.13. The first kappa shape index (κ1) is 13.8. The summed E-state index contributed by atoms with van der Waals surface area (Å²) in [5, 5.41) is 0. The lowest BCUT2D eigenvalue weighted by Crippen LogP contribution is -2.18. The summed E-state index contributed by atoms with van der Waals surface area (Å²) in [5.41, 5.74) is -2.12. The molecule has 0 atom stereocenters. The number of esters is 1. The molecule has 1 aromatic carbocycles. The van der Waals surface area contributed by atoms with E-state index in [9.17, 15) is 22.4 Å². The number of carbonyl (C=O) groups excluding carboxylic acids is 1. The maximum absolute atomic E-state index is 13.7. The normalized spacial score (nSPS) is 16.6. The SMILES string of the molecule is O=C(OC1CCCC1)c1cccc(C(F)(F)F)c1F. The van der Waals surface area contributed by atoms with Crippen LogP contribution in [0.3, 0.4) is 0 Å². The molecule has 1 aliphatic carbocycles. The molecule has 1 aromatic rings. The van der Waals surface area contributed by atoms with Crippen molar-refractivity contribution in [1.29, 1.82) is 0 Å². The molecule has 0 amide bonds. The van der Waals surface area contributed by atoms with E-state index in [1.807, 2.05) is 0 Å². The van der Waals surface area contributed by atoms with Gasteiger partial charge in [0, 0.05) is 0 Å². The Bertz CT molecular complexity index is 476. The number of hydrogen-bond acceptors (Lipinski definition) is 2.